The van der Waals surface area contributed by atoms with Gasteiger partial charge in [-0.2, -0.15) is 9.50 Å². The number of halogens is 2. The van der Waals surface area contributed by atoms with E-state index < -0.39 is 0 Å². The van der Waals surface area contributed by atoms with Crippen LogP contribution in [0.2, 0.25) is 0 Å². The van der Waals surface area contributed by atoms with Crippen LogP contribution in [-0.2, 0) is 0 Å². The average molecular weight is 510 g/mol. The average Bonchev–Trinajstić information content (AvgIpc) is 3.11. The lowest BCUT2D eigenvalue weighted by Crippen LogP contribution is -2.23. The van der Waals surface area contributed by atoms with Gasteiger partial charge in [0, 0.05) is 13.6 Å². The SMILES string of the molecule is O=c1c(=Cc2ccc(I)cc2)sc2nc(-c3ccc(Br)cc3)nn12. The first-order valence-corrected chi connectivity index (χ1v) is 9.72. The Kier molecular flexibility index (Phi) is 4.23. The van der Waals surface area contributed by atoms with E-state index in [0.29, 0.717) is 15.3 Å². The zero-order valence-electron chi connectivity index (χ0n) is 12.1. The number of thiazole rings is 1. The molecule has 0 aliphatic carbocycles. The zero-order valence-corrected chi connectivity index (χ0v) is 16.7. The van der Waals surface area contributed by atoms with Gasteiger partial charge in [-0.05, 0) is 58.5 Å². The molecule has 2 heterocycles. The van der Waals surface area contributed by atoms with E-state index in [0.717, 1.165) is 19.2 Å². The summed E-state index contributed by atoms with van der Waals surface area (Å²) in [5, 5.41) is 4.36. The number of hydrogen-bond acceptors (Lipinski definition) is 4. The maximum atomic E-state index is 12.5. The van der Waals surface area contributed by atoms with Crippen molar-refractivity contribution in [3.63, 3.8) is 0 Å². The van der Waals surface area contributed by atoms with Crippen LogP contribution in [0.15, 0.2) is 57.8 Å². The van der Waals surface area contributed by atoms with Crippen molar-refractivity contribution >= 4 is 60.9 Å². The molecule has 0 unspecified atom stereocenters. The molecule has 0 fully saturated rings. The van der Waals surface area contributed by atoms with E-state index in [-0.39, 0.29) is 5.56 Å². The van der Waals surface area contributed by atoms with Gasteiger partial charge in [-0.15, -0.1) is 5.10 Å². The van der Waals surface area contributed by atoms with Crippen LogP contribution in [-0.4, -0.2) is 14.6 Å². The lowest BCUT2D eigenvalue weighted by Gasteiger charge is -1.94. The first kappa shape index (κ1) is 15.9. The smallest absolute Gasteiger partial charge is 0.266 e. The third kappa shape index (κ3) is 3.03. The highest BCUT2D eigenvalue weighted by Crippen LogP contribution is 2.19. The highest BCUT2D eigenvalue weighted by Gasteiger charge is 2.11. The maximum Gasteiger partial charge on any atom is 0.291 e. The molecule has 2 aromatic heterocycles. The fraction of sp³-hybridized carbons (Fsp3) is 0. The van der Waals surface area contributed by atoms with Crippen molar-refractivity contribution in [1.29, 1.82) is 0 Å². The summed E-state index contributed by atoms with van der Waals surface area (Å²) in [4.78, 5) is 17.6. The largest absolute Gasteiger partial charge is 0.291 e. The van der Waals surface area contributed by atoms with E-state index >= 15 is 0 Å². The number of aromatic nitrogens is 3. The Labute approximate surface area is 163 Å². The van der Waals surface area contributed by atoms with Gasteiger partial charge < -0.3 is 0 Å². The second-order valence-corrected chi connectivity index (χ2v) is 8.27. The summed E-state index contributed by atoms with van der Waals surface area (Å²) in [6.45, 7) is 0. The predicted octanol–water partition coefficient (Wildman–Crippen LogP) is 3.73. The highest BCUT2D eigenvalue weighted by molar-refractivity contribution is 14.1. The predicted molar refractivity (Wildman–Crippen MR) is 108 cm³/mol. The number of nitrogens with zero attached hydrogens (tertiary/aromatic N) is 3. The van der Waals surface area contributed by atoms with Crippen LogP contribution in [0.25, 0.3) is 22.4 Å². The van der Waals surface area contributed by atoms with Crippen molar-refractivity contribution in [1.82, 2.24) is 14.6 Å². The topological polar surface area (TPSA) is 47.3 Å². The summed E-state index contributed by atoms with van der Waals surface area (Å²) in [7, 11) is 0. The van der Waals surface area contributed by atoms with Gasteiger partial charge in [0.05, 0.1) is 4.53 Å². The van der Waals surface area contributed by atoms with Crippen molar-refractivity contribution in [2.24, 2.45) is 0 Å². The molecule has 2 aromatic carbocycles. The van der Waals surface area contributed by atoms with E-state index in [1.165, 1.54) is 15.9 Å². The zero-order chi connectivity index (χ0) is 16.7. The molecule has 0 aliphatic heterocycles. The summed E-state index contributed by atoms with van der Waals surface area (Å²) in [5.41, 5.74) is 1.74. The quantitative estimate of drug-likeness (QED) is 0.387. The molecule has 0 saturated heterocycles. The molecule has 0 atom stereocenters. The van der Waals surface area contributed by atoms with Gasteiger partial charge in [-0.3, -0.25) is 4.79 Å². The summed E-state index contributed by atoms with van der Waals surface area (Å²) in [5.74, 6) is 0.562. The first-order valence-electron chi connectivity index (χ1n) is 7.03. The van der Waals surface area contributed by atoms with E-state index in [9.17, 15) is 4.79 Å². The minimum atomic E-state index is -0.135. The third-order valence-corrected chi connectivity index (χ3v) is 5.66. The second kappa shape index (κ2) is 6.38. The monoisotopic (exact) mass is 509 g/mol. The Morgan fingerprint density at radius 3 is 2.46 bits per heavy atom. The van der Waals surface area contributed by atoms with Crippen LogP contribution in [0.4, 0.5) is 0 Å². The van der Waals surface area contributed by atoms with Gasteiger partial charge in [0.1, 0.15) is 0 Å². The maximum absolute atomic E-state index is 12.5. The Morgan fingerprint density at radius 1 is 1.08 bits per heavy atom. The Bertz CT molecular complexity index is 1130. The van der Waals surface area contributed by atoms with Crippen LogP contribution in [0, 0.1) is 3.57 Å². The van der Waals surface area contributed by atoms with Crippen molar-refractivity contribution < 1.29 is 0 Å². The van der Waals surface area contributed by atoms with E-state index in [1.54, 1.807) is 0 Å². The molecule has 4 nitrogen and oxygen atoms in total. The molecule has 4 rings (SSSR count). The standard InChI is InChI=1S/C17H9BrIN3OS/c18-12-5-3-11(4-6-12)15-20-17-22(21-15)16(23)14(24-17)9-10-1-7-13(19)8-2-10/h1-9H. The summed E-state index contributed by atoms with van der Waals surface area (Å²) >= 11 is 7.01. The first-order chi connectivity index (χ1) is 11.6. The molecule has 0 saturated carbocycles. The van der Waals surface area contributed by atoms with E-state index in [1.807, 2.05) is 54.6 Å². The summed E-state index contributed by atoms with van der Waals surface area (Å²) < 4.78 is 4.16. The molecule has 118 valence electrons. The van der Waals surface area contributed by atoms with Gasteiger partial charge >= 0.3 is 0 Å². The highest BCUT2D eigenvalue weighted by atomic mass is 127. The number of hydrogen-bond donors (Lipinski definition) is 0. The van der Waals surface area contributed by atoms with Crippen LogP contribution in [0.5, 0.6) is 0 Å². The molecule has 0 spiro atoms. The van der Waals surface area contributed by atoms with Crippen molar-refractivity contribution in [2.45, 2.75) is 0 Å². The van der Waals surface area contributed by atoms with Crippen LogP contribution in [0.3, 0.4) is 0 Å². The Balaban J connectivity index is 1.79. The fourth-order valence-corrected chi connectivity index (χ4v) is 3.80. The fourth-order valence-electron chi connectivity index (χ4n) is 2.27. The Morgan fingerprint density at radius 2 is 1.79 bits per heavy atom. The minimum Gasteiger partial charge on any atom is -0.266 e. The van der Waals surface area contributed by atoms with Crippen LogP contribution >= 0.6 is 49.9 Å². The lowest BCUT2D eigenvalue weighted by molar-refractivity contribution is 0.937. The summed E-state index contributed by atoms with van der Waals surface area (Å²) in [6.07, 6.45) is 1.87. The Hall–Kier alpha value is -1.58. The molecule has 0 aliphatic rings. The lowest BCUT2D eigenvalue weighted by atomic mass is 10.2. The minimum absolute atomic E-state index is 0.135. The van der Waals surface area contributed by atoms with Crippen LogP contribution < -0.4 is 10.1 Å². The normalized spacial score (nSPS) is 12.2. The van der Waals surface area contributed by atoms with Crippen molar-refractivity contribution in [3.8, 4) is 11.4 Å². The van der Waals surface area contributed by atoms with Gasteiger partial charge in [0.2, 0.25) is 4.96 Å². The van der Waals surface area contributed by atoms with Crippen molar-refractivity contribution in [2.75, 3.05) is 0 Å². The van der Waals surface area contributed by atoms with Gasteiger partial charge in [0.25, 0.3) is 5.56 Å². The molecule has 7 heteroatoms. The molecule has 0 N–H and O–H groups in total. The molecule has 0 bridgehead atoms. The molecule has 0 amide bonds. The van der Waals surface area contributed by atoms with Gasteiger partial charge in [-0.1, -0.05) is 51.5 Å². The molecule has 0 radical (unpaired) electrons. The van der Waals surface area contributed by atoms with Crippen molar-refractivity contribution in [3.05, 3.63) is 77.0 Å². The number of fused-ring (bicyclic) bond motifs is 1. The number of rotatable bonds is 2. The molecule has 4 aromatic rings. The van der Waals surface area contributed by atoms with E-state index in [4.69, 9.17) is 0 Å². The second-order valence-electron chi connectivity index (χ2n) is 5.10. The number of benzene rings is 2. The van der Waals surface area contributed by atoms with E-state index in [2.05, 4.69) is 48.6 Å². The molecular formula is C17H9BrIN3OS. The van der Waals surface area contributed by atoms with Crippen LogP contribution in [0.1, 0.15) is 5.56 Å². The summed E-state index contributed by atoms with van der Waals surface area (Å²) in [6, 6.07) is 15.7. The third-order valence-electron chi connectivity index (χ3n) is 3.45. The van der Waals surface area contributed by atoms with Gasteiger partial charge in [0.15, 0.2) is 5.82 Å². The molecule has 24 heavy (non-hydrogen) atoms. The van der Waals surface area contributed by atoms with Gasteiger partial charge in [-0.25, -0.2) is 0 Å². The molecular weight excluding hydrogens is 501 g/mol.